The molecule has 2 amide bonds. The van der Waals surface area contributed by atoms with Gasteiger partial charge in [0.25, 0.3) is 11.8 Å². The first kappa shape index (κ1) is 19.2. The Balaban J connectivity index is 1.55. The van der Waals surface area contributed by atoms with Crippen molar-refractivity contribution in [3.63, 3.8) is 0 Å². The average Bonchev–Trinajstić information content (AvgIpc) is 3.00. The van der Waals surface area contributed by atoms with E-state index in [0.717, 1.165) is 22.6 Å². The molecule has 1 heterocycles. The standard InChI is InChI=1S/C22H23N3O3/c1-15-6-4-5-7-20(15)23-21(26)14-28-19-12-10-18(11-13-19)22(27)24-25-16(2)8-9-17(25)3/h4-13H,14H2,1-3H3,(H,23,26)(H,24,27). The fourth-order valence-electron chi connectivity index (χ4n) is 2.76. The fraction of sp³-hybridized carbons (Fsp3) is 0.182. The Morgan fingerprint density at radius 1 is 0.893 bits per heavy atom. The highest BCUT2D eigenvalue weighted by molar-refractivity contribution is 6.00. The van der Waals surface area contributed by atoms with Gasteiger partial charge in [-0.15, -0.1) is 0 Å². The van der Waals surface area contributed by atoms with Crippen LogP contribution in [-0.2, 0) is 4.79 Å². The lowest BCUT2D eigenvalue weighted by molar-refractivity contribution is -0.118. The van der Waals surface area contributed by atoms with Gasteiger partial charge in [0.2, 0.25) is 0 Å². The number of aromatic nitrogens is 1. The molecule has 0 unspecified atom stereocenters. The summed E-state index contributed by atoms with van der Waals surface area (Å²) in [7, 11) is 0. The van der Waals surface area contributed by atoms with E-state index in [1.165, 1.54) is 0 Å². The lowest BCUT2D eigenvalue weighted by atomic mass is 10.2. The molecule has 0 spiro atoms. The monoisotopic (exact) mass is 377 g/mol. The number of amides is 2. The van der Waals surface area contributed by atoms with E-state index >= 15 is 0 Å². The zero-order valence-corrected chi connectivity index (χ0v) is 16.2. The lowest BCUT2D eigenvalue weighted by Crippen LogP contribution is -2.24. The lowest BCUT2D eigenvalue weighted by Gasteiger charge is -2.12. The number of carbonyl (C=O) groups excluding carboxylic acids is 2. The van der Waals surface area contributed by atoms with Crippen LogP contribution in [0.2, 0.25) is 0 Å². The maximum atomic E-state index is 12.4. The number of para-hydroxylation sites is 1. The number of nitrogens with zero attached hydrogens (tertiary/aromatic N) is 1. The van der Waals surface area contributed by atoms with Crippen LogP contribution in [0.4, 0.5) is 5.69 Å². The highest BCUT2D eigenvalue weighted by Crippen LogP contribution is 2.15. The number of ether oxygens (including phenoxy) is 1. The van der Waals surface area contributed by atoms with Gasteiger partial charge in [0.15, 0.2) is 6.61 Å². The second-order valence-electron chi connectivity index (χ2n) is 6.57. The normalized spacial score (nSPS) is 10.4. The molecular formula is C22H23N3O3. The minimum Gasteiger partial charge on any atom is -0.484 e. The van der Waals surface area contributed by atoms with Crippen LogP contribution >= 0.6 is 0 Å². The Kier molecular flexibility index (Phi) is 5.79. The average molecular weight is 377 g/mol. The first-order chi connectivity index (χ1) is 13.4. The molecule has 6 nitrogen and oxygen atoms in total. The van der Waals surface area contributed by atoms with E-state index in [0.29, 0.717) is 11.3 Å². The van der Waals surface area contributed by atoms with Crippen LogP contribution in [0.5, 0.6) is 5.75 Å². The van der Waals surface area contributed by atoms with Crippen LogP contribution in [-0.4, -0.2) is 23.1 Å². The largest absolute Gasteiger partial charge is 0.484 e. The molecule has 2 aromatic carbocycles. The maximum absolute atomic E-state index is 12.4. The van der Waals surface area contributed by atoms with Crippen LogP contribution in [0.3, 0.4) is 0 Å². The van der Waals surface area contributed by atoms with Gasteiger partial charge >= 0.3 is 0 Å². The van der Waals surface area contributed by atoms with Crippen molar-refractivity contribution in [2.45, 2.75) is 20.8 Å². The number of aryl methyl sites for hydroxylation is 3. The van der Waals surface area contributed by atoms with E-state index in [4.69, 9.17) is 4.74 Å². The molecular weight excluding hydrogens is 354 g/mol. The first-order valence-corrected chi connectivity index (χ1v) is 8.98. The summed E-state index contributed by atoms with van der Waals surface area (Å²) in [6.45, 7) is 5.66. The number of hydrogen-bond acceptors (Lipinski definition) is 3. The van der Waals surface area contributed by atoms with E-state index in [1.54, 1.807) is 28.9 Å². The van der Waals surface area contributed by atoms with Gasteiger partial charge < -0.3 is 10.1 Å². The van der Waals surface area contributed by atoms with Crippen molar-refractivity contribution in [1.82, 2.24) is 4.68 Å². The van der Waals surface area contributed by atoms with Crippen molar-refractivity contribution in [1.29, 1.82) is 0 Å². The quantitative estimate of drug-likeness (QED) is 0.686. The number of hydrogen-bond donors (Lipinski definition) is 2. The van der Waals surface area contributed by atoms with Crippen molar-refractivity contribution < 1.29 is 14.3 Å². The van der Waals surface area contributed by atoms with Crippen LogP contribution < -0.4 is 15.5 Å². The zero-order chi connectivity index (χ0) is 20.1. The van der Waals surface area contributed by atoms with E-state index in [9.17, 15) is 9.59 Å². The molecule has 0 aliphatic rings. The van der Waals surface area contributed by atoms with E-state index in [-0.39, 0.29) is 18.4 Å². The molecule has 144 valence electrons. The van der Waals surface area contributed by atoms with Crippen LogP contribution in [0.1, 0.15) is 27.3 Å². The summed E-state index contributed by atoms with van der Waals surface area (Å²) in [5, 5.41) is 2.81. The van der Waals surface area contributed by atoms with Gasteiger partial charge in [-0.25, -0.2) is 0 Å². The fourth-order valence-corrected chi connectivity index (χ4v) is 2.76. The molecule has 0 saturated heterocycles. The third-order valence-corrected chi connectivity index (χ3v) is 4.39. The van der Waals surface area contributed by atoms with E-state index < -0.39 is 0 Å². The molecule has 28 heavy (non-hydrogen) atoms. The summed E-state index contributed by atoms with van der Waals surface area (Å²) >= 11 is 0. The van der Waals surface area contributed by atoms with E-state index in [2.05, 4.69) is 10.7 Å². The molecule has 2 N–H and O–H groups in total. The molecule has 0 fully saturated rings. The van der Waals surface area contributed by atoms with Gasteiger partial charge in [-0.3, -0.25) is 19.7 Å². The SMILES string of the molecule is Cc1ccccc1NC(=O)COc1ccc(C(=O)Nn2c(C)ccc2C)cc1. The van der Waals surface area contributed by atoms with Crippen LogP contribution in [0.25, 0.3) is 0 Å². The third kappa shape index (κ3) is 4.59. The molecule has 0 aliphatic carbocycles. The van der Waals surface area contributed by atoms with Crippen molar-refractivity contribution in [2.75, 3.05) is 17.3 Å². The highest BCUT2D eigenvalue weighted by Gasteiger charge is 2.10. The Morgan fingerprint density at radius 2 is 1.54 bits per heavy atom. The predicted octanol–water partition coefficient (Wildman–Crippen LogP) is 3.81. The van der Waals surface area contributed by atoms with Crippen molar-refractivity contribution >= 4 is 17.5 Å². The Hall–Kier alpha value is -3.54. The molecule has 6 heteroatoms. The summed E-state index contributed by atoms with van der Waals surface area (Å²) in [4.78, 5) is 24.4. The second-order valence-corrected chi connectivity index (χ2v) is 6.57. The predicted molar refractivity (Wildman–Crippen MR) is 109 cm³/mol. The van der Waals surface area contributed by atoms with Crippen LogP contribution in [0, 0.1) is 20.8 Å². The number of rotatable bonds is 6. The second kappa shape index (κ2) is 8.43. The zero-order valence-electron chi connectivity index (χ0n) is 16.2. The molecule has 0 radical (unpaired) electrons. The summed E-state index contributed by atoms with van der Waals surface area (Å²) in [6.07, 6.45) is 0. The van der Waals surface area contributed by atoms with Gasteiger partial charge in [-0.05, 0) is 68.8 Å². The van der Waals surface area contributed by atoms with E-state index in [1.807, 2.05) is 57.2 Å². The van der Waals surface area contributed by atoms with Gasteiger partial charge in [-0.2, -0.15) is 0 Å². The number of anilines is 1. The third-order valence-electron chi connectivity index (χ3n) is 4.39. The Bertz CT molecular complexity index is 971. The van der Waals surface area contributed by atoms with Gasteiger partial charge in [0.1, 0.15) is 5.75 Å². The molecule has 0 saturated carbocycles. The topological polar surface area (TPSA) is 72.4 Å². The van der Waals surface area contributed by atoms with Gasteiger partial charge in [0, 0.05) is 22.6 Å². The number of nitrogens with one attached hydrogen (secondary N) is 2. The molecule has 3 rings (SSSR count). The summed E-state index contributed by atoms with van der Waals surface area (Å²) in [6, 6.07) is 18.1. The molecule has 0 aliphatic heterocycles. The molecule has 3 aromatic rings. The summed E-state index contributed by atoms with van der Waals surface area (Å²) < 4.78 is 7.25. The first-order valence-electron chi connectivity index (χ1n) is 8.98. The Morgan fingerprint density at radius 3 is 2.18 bits per heavy atom. The van der Waals surface area contributed by atoms with Gasteiger partial charge in [0.05, 0.1) is 0 Å². The minimum atomic E-state index is -0.241. The van der Waals surface area contributed by atoms with Crippen LogP contribution in [0.15, 0.2) is 60.7 Å². The maximum Gasteiger partial charge on any atom is 0.270 e. The van der Waals surface area contributed by atoms with Crippen molar-refractivity contribution in [3.05, 3.63) is 83.2 Å². The summed E-state index contributed by atoms with van der Waals surface area (Å²) in [5.74, 6) is 0.0609. The van der Waals surface area contributed by atoms with Crippen molar-refractivity contribution in [3.8, 4) is 5.75 Å². The molecule has 1 aromatic heterocycles. The minimum absolute atomic E-state index is 0.109. The van der Waals surface area contributed by atoms with Gasteiger partial charge in [-0.1, -0.05) is 18.2 Å². The Labute approximate surface area is 164 Å². The molecule has 0 bridgehead atoms. The summed E-state index contributed by atoms with van der Waals surface area (Å²) in [5.41, 5.74) is 7.00. The smallest absolute Gasteiger partial charge is 0.270 e. The highest BCUT2D eigenvalue weighted by atomic mass is 16.5. The molecule has 0 atom stereocenters. The number of benzene rings is 2. The number of carbonyl (C=O) groups is 2. The van der Waals surface area contributed by atoms with Crippen molar-refractivity contribution in [2.24, 2.45) is 0 Å².